The van der Waals surface area contributed by atoms with Crippen LogP contribution in [0.15, 0.2) is 0 Å². The van der Waals surface area contributed by atoms with Gasteiger partial charge in [-0.05, 0) is 22.8 Å². The number of hydrogen-bond acceptors (Lipinski definition) is 5. The van der Waals surface area contributed by atoms with E-state index in [9.17, 15) is 0 Å². The largest absolute Gasteiger partial charge is 0.380 e. The Labute approximate surface area is 75.0 Å². The zero-order chi connectivity index (χ0) is 8.89. The van der Waals surface area contributed by atoms with Crippen LogP contribution in [-0.2, 0) is 11.3 Å². The molecule has 2 unspecified atom stereocenters. The molecule has 1 aromatic heterocycles. The van der Waals surface area contributed by atoms with Crippen LogP contribution in [0.2, 0.25) is 0 Å². The van der Waals surface area contributed by atoms with E-state index < -0.39 is 0 Å². The summed E-state index contributed by atoms with van der Waals surface area (Å²) in [6.07, 6.45) is 1.23. The van der Waals surface area contributed by atoms with Gasteiger partial charge in [0.05, 0.1) is 19.8 Å². The first-order valence-electron chi connectivity index (χ1n) is 4.40. The van der Waals surface area contributed by atoms with E-state index in [0.717, 1.165) is 19.8 Å². The van der Waals surface area contributed by atoms with Crippen molar-refractivity contribution >= 4 is 5.95 Å². The molecule has 2 fully saturated rings. The molecule has 2 N–H and O–H groups in total. The second kappa shape index (κ2) is 2.20. The molecule has 0 bridgehead atoms. The number of hydrogen-bond donors (Lipinski definition) is 1. The summed E-state index contributed by atoms with van der Waals surface area (Å²) < 4.78 is 7.04. The summed E-state index contributed by atoms with van der Waals surface area (Å²) in [6, 6.07) is 0. The van der Waals surface area contributed by atoms with E-state index in [-0.39, 0.29) is 0 Å². The maximum absolute atomic E-state index is 5.58. The van der Waals surface area contributed by atoms with Crippen molar-refractivity contribution in [3.63, 3.8) is 0 Å². The van der Waals surface area contributed by atoms with Crippen molar-refractivity contribution in [1.82, 2.24) is 20.2 Å². The van der Waals surface area contributed by atoms with Gasteiger partial charge in [0.25, 0.3) is 0 Å². The topological polar surface area (TPSA) is 78.9 Å². The summed E-state index contributed by atoms with van der Waals surface area (Å²) in [5.41, 5.74) is 5.88. The Morgan fingerprint density at radius 2 is 2.62 bits per heavy atom. The first kappa shape index (κ1) is 7.25. The third kappa shape index (κ3) is 0.949. The minimum absolute atomic E-state index is 0.295. The highest BCUT2D eigenvalue weighted by Gasteiger charge is 2.58. The summed E-state index contributed by atoms with van der Waals surface area (Å²) in [5, 5.41) is 11.0. The van der Waals surface area contributed by atoms with Crippen molar-refractivity contribution in [3.05, 3.63) is 0 Å². The number of nitrogen functional groups attached to an aromatic ring is 1. The van der Waals surface area contributed by atoms with Crippen molar-refractivity contribution in [2.45, 2.75) is 13.0 Å². The van der Waals surface area contributed by atoms with Crippen LogP contribution in [0, 0.1) is 11.3 Å². The Morgan fingerprint density at radius 1 is 1.69 bits per heavy atom. The van der Waals surface area contributed by atoms with Crippen LogP contribution in [0.3, 0.4) is 0 Å². The molecule has 1 aromatic rings. The van der Waals surface area contributed by atoms with E-state index in [1.165, 1.54) is 6.42 Å². The molecule has 70 valence electrons. The average Bonchev–Trinajstić information content (AvgIpc) is 2.46. The molecule has 1 saturated heterocycles. The van der Waals surface area contributed by atoms with E-state index >= 15 is 0 Å². The van der Waals surface area contributed by atoms with Crippen LogP contribution >= 0.6 is 0 Å². The Hall–Kier alpha value is -1.17. The molecule has 1 saturated carbocycles. The summed E-state index contributed by atoms with van der Waals surface area (Å²) in [7, 11) is 0. The van der Waals surface area contributed by atoms with Crippen LogP contribution in [0.1, 0.15) is 6.42 Å². The fourth-order valence-electron chi connectivity index (χ4n) is 2.11. The molecular formula is C7H11N5O. The van der Waals surface area contributed by atoms with Gasteiger partial charge in [-0.2, -0.15) is 0 Å². The Kier molecular flexibility index (Phi) is 1.23. The molecule has 13 heavy (non-hydrogen) atoms. The van der Waals surface area contributed by atoms with Gasteiger partial charge in [0.15, 0.2) is 0 Å². The first-order chi connectivity index (χ1) is 6.30. The predicted molar refractivity (Wildman–Crippen MR) is 43.6 cm³/mol. The van der Waals surface area contributed by atoms with Crippen LogP contribution in [0.5, 0.6) is 0 Å². The van der Waals surface area contributed by atoms with Gasteiger partial charge in [0.2, 0.25) is 5.95 Å². The zero-order valence-corrected chi connectivity index (χ0v) is 7.18. The highest BCUT2D eigenvalue weighted by molar-refractivity contribution is 5.13. The minimum atomic E-state index is 0.295. The molecule has 0 aromatic carbocycles. The number of nitrogens with zero attached hydrogens (tertiary/aromatic N) is 4. The van der Waals surface area contributed by atoms with Crippen molar-refractivity contribution in [3.8, 4) is 0 Å². The smallest absolute Gasteiger partial charge is 0.240 e. The van der Waals surface area contributed by atoms with Crippen LogP contribution in [-0.4, -0.2) is 33.4 Å². The van der Waals surface area contributed by atoms with Crippen molar-refractivity contribution in [1.29, 1.82) is 0 Å². The highest BCUT2D eigenvalue weighted by atomic mass is 16.5. The molecule has 1 aliphatic carbocycles. The molecular weight excluding hydrogens is 170 g/mol. The molecule has 6 nitrogen and oxygen atoms in total. The number of tetrazole rings is 1. The quantitative estimate of drug-likeness (QED) is 0.652. The van der Waals surface area contributed by atoms with Gasteiger partial charge >= 0.3 is 0 Å². The first-order valence-corrected chi connectivity index (χ1v) is 4.40. The SMILES string of the molecule is Nc1nnnn1CC12COCC1C2. The van der Waals surface area contributed by atoms with Gasteiger partial charge in [-0.15, -0.1) is 0 Å². The van der Waals surface area contributed by atoms with E-state index in [1.54, 1.807) is 4.68 Å². The fourth-order valence-corrected chi connectivity index (χ4v) is 2.11. The number of fused-ring (bicyclic) bond motifs is 1. The second-order valence-electron chi connectivity index (χ2n) is 3.97. The van der Waals surface area contributed by atoms with E-state index in [4.69, 9.17) is 10.5 Å². The molecule has 2 aliphatic rings. The third-order valence-corrected chi connectivity index (χ3v) is 3.09. The van der Waals surface area contributed by atoms with Gasteiger partial charge in [0, 0.05) is 5.41 Å². The molecule has 3 rings (SSSR count). The zero-order valence-electron chi connectivity index (χ0n) is 7.18. The van der Waals surface area contributed by atoms with Crippen molar-refractivity contribution in [2.75, 3.05) is 18.9 Å². The lowest BCUT2D eigenvalue weighted by Gasteiger charge is -2.09. The molecule has 0 amide bonds. The average molecular weight is 181 g/mol. The Bertz CT molecular complexity index is 337. The van der Waals surface area contributed by atoms with Gasteiger partial charge in [0.1, 0.15) is 0 Å². The molecule has 0 spiro atoms. The van der Waals surface area contributed by atoms with E-state index in [0.29, 0.717) is 17.3 Å². The molecule has 1 aliphatic heterocycles. The summed E-state index contributed by atoms with van der Waals surface area (Å²) >= 11 is 0. The molecule has 2 atom stereocenters. The number of nitrogens with two attached hydrogens (primary N) is 1. The number of anilines is 1. The lowest BCUT2D eigenvalue weighted by Crippen LogP contribution is -2.17. The van der Waals surface area contributed by atoms with Crippen LogP contribution in [0.4, 0.5) is 5.95 Å². The number of aromatic nitrogens is 4. The lowest BCUT2D eigenvalue weighted by molar-refractivity contribution is 0.140. The normalized spacial score (nSPS) is 36.2. The summed E-state index contributed by atoms with van der Waals surface area (Å²) in [6.45, 7) is 2.52. The van der Waals surface area contributed by atoms with E-state index in [1.807, 2.05) is 0 Å². The monoisotopic (exact) mass is 181 g/mol. The minimum Gasteiger partial charge on any atom is -0.380 e. The predicted octanol–water partition coefficient (Wildman–Crippen LogP) is -0.708. The number of ether oxygens (including phenoxy) is 1. The maximum Gasteiger partial charge on any atom is 0.240 e. The van der Waals surface area contributed by atoms with Crippen LogP contribution < -0.4 is 5.73 Å². The van der Waals surface area contributed by atoms with Gasteiger partial charge in [-0.25, -0.2) is 4.68 Å². The van der Waals surface area contributed by atoms with Crippen molar-refractivity contribution < 1.29 is 4.74 Å². The van der Waals surface area contributed by atoms with Gasteiger partial charge in [-0.3, -0.25) is 0 Å². The van der Waals surface area contributed by atoms with Gasteiger partial charge in [-0.1, -0.05) is 5.10 Å². The Balaban J connectivity index is 1.80. The molecule has 6 heteroatoms. The highest BCUT2D eigenvalue weighted by Crippen LogP contribution is 2.57. The standard InChI is InChI=1S/C7H11N5O/c8-6-9-10-11-12(6)3-7-1-5(7)2-13-4-7/h5H,1-4H2,(H2,8,9,11). The Morgan fingerprint density at radius 3 is 3.15 bits per heavy atom. The lowest BCUT2D eigenvalue weighted by atomic mass is 10.1. The molecule has 0 radical (unpaired) electrons. The third-order valence-electron chi connectivity index (χ3n) is 3.09. The number of rotatable bonds is 2. The van der Waals surface area contributed by atoms with Gasteiger partial charge < -0.3 is 10.5 Å². The van der Waals surface area contributed by atoms with E-state index in [2.05, 4.69) is 15.5 Å². The fraction of sp³-hybridized carbons (Fsp3) is 0.857. The summed E-state index contributed by atoms with van der Waals surface area (Å²) in [5.74, 6) is 1.10. The van der Waals surface area contributed by atoms with Crippen LogP contribution in [0.25, 0.3) is 0 Å². The molecule has 2 heterocycles. The maximum atomic E-state index is 5.58. The van der Waals surface area contributed by atoms with Crippen molar-refractivity contribution in [2.24, 2.45) is 11.3 Å². The summed E-state index contributed by atoms with van der Waals surface area (Å²) in [4.78, 5) is 0. The second-order valence-corrected chi connectivity index (χ2v) is 3.97.